The van der Waals surface area contributed by atoms with Crippen LogP contribution in [0.3, 0.4) is 0 Å². The fraction of sp³-hybridized carbons (Fsp3) is 0.441. The molecule has 1 aromatic heterocycles. The predicted molar refractivity (Wildman–Crippen MR) is 357 cm³/mol. The van der Waals surface area contributed by atoms with Crippen molar-refractivity contribution in [1.29, 1.82) is 0 Å². The Hall–Kier alpha value is -8.88. The van der Waals surface area contributed by atoms with E-state index in [1.807, 2.05) is 30.3 Å². The molecule has 0 bridgehead atoms. The van der Waals surface area contributed by atoms with Gasteiger partial charge in [0, 0.05) is 66.8 Å². The van der Waals surface area contributed by atoms with Crippen LogP contribution in [0, 0.1) is 5.92 Å². The van der Waals surface area contributed by atoms with Gasteiger partial charge in [0.25, 0.3) is 0 Å². The van der Waals surface area contributed by atoms with E-state index in [2.05, 4.69) is 47.5 Å². The highest BCUT2D eigenvalue weighted by Crippen LogP contribution is 2.32. The molecule has 5 aromatic rings. The van der Waals surface area contributed by atoms with Gasteiger partial charge in [-0.25, -0.2) is 14.4 Å². The van der Waals surface area contributed by atoms with Crippen LogP contribution in [-0.4, -0.2) is 157 Å². The standard InChI is InChI=1S/C68H85N9O15S2/c1-39(78)57-63(86)75-55(62(85)73-53(64(87)88)34-45-36-70-49-22-14-13-21-48(45)49)38-94-93-37-54(74-60(83)51(32-40-17-9-8-10-18-40)76-66(90)92-68(5,6)7)56(80)35-44(31-41-24-28-46(79)29-25-41)58(81)72-52(33-43-27-26-42-19-11-12-20-47(42)43)61(84)71-50(59(82)77-57)23-15-16-30-69-65(89)91-67(2,3)4/h8-14,17-22,24-25,27-29,36,39,44,50-55,57,70,78-79H,15-16,23,26,30-35,37-38H2,1-7H3,(H,69,89)(H,71,84)(H,72,81)(H,73,85)(H,74,83)(H,75,86)(H,76,90)(H,77,82)(H,87,88)/t39-,44-,50+,51?,52-,53+,54+,55+,57+/m1/s1. The third-order valence-corrected chi connectivity index (χ3v) is 17.8. The number of alkyl carbamates (subject to hydrolysis) is 2. The number of ketones is 1. The number of Topliss-reactive ketones (excluding diaryl/α,β-unsaturated/α-hetero) is 1. The van der Waals surface area contributed by atoms with Crippen LogP contribution < -0.4 is 42.5 Å². The van der Waals surface area contributed by atoms with Crippen molar-refractivity contribution < 1.29 is 72.7 Å². The van der Waals surface area contributed by atoms with Gasteiger partial charge < -0.3 is 72.3 Å². The number of aromatic hydroxyl groups is 1. The monoisotopic (exact) mass is 1330 g/mol. The van der Waals surface area contributed by atoms with Gasteiger partial charge in [-0.1, -0.05) is 113 Å². The number of unbranched alkanes of at least 4 members (excludes halogenated alkanes) is 1. The van der Waals surface area contributed by atoms with E-state index in [1.54, 1.807) is 114 Å². The number of carboxylic acids is 1. The highest BCUT2D eigenvalue weighted by atomic mass is 33.1. The van der Waals surface area contributed by atoms with E-state index in [0.29, 0.717) is 34.1 Å². The number of phenolic OH excluding ortho intramolecular Hbond substituents is 1. The minimum absolute atomic E-state index is 0.0564. The number of carbonyl (C=O) groups excluding carboxylic acids is 9. The minimum Gasteiger partial charge on any atom is -0.508 e. The number of aliphatic hydroxyl groups excluding tert-OH is 1. The lowest BCUT2D eigenvalue weighted by atomic mass is 9.90. The van der Waals surface area contributed by atoms with Crippen LogP contribution in [0.2, 0.25) is 0 Å². The van der Waals surface area contributed by atoms with Gasteiger partial charge in [0.2, 0.25) is 35.4 Å². The number of ether oxygens (including phenoxy) is 2. The SMILES string of the molecule is C[C@@H](O)[C@@H]1NC(=O)[C@H](CCCCNC(=O)OC(C)(C)C)NC(=O)[C@@H](CC2=CCc3ccccc32)NC(=O)[C@H](Cc2ccc(O)cc2)CC(=O)[C@@H](NC(=O)C(Cc2ccccc2)NC(=O)OC(C)(C)C)CSSC[C@@H](C(=O)N[C@@H](Cc2c[nH]c3ccccc23)C(=O)O)NC1=O. The number of rotatable bonds is 20. The van der Waals surface area contributed by atoms with Crippen molar-refractivity contribution in [1.82, 2.24) is 47.5 Å². The van der Waals surface area contributed by atoms with Crippen LogP contribution in [0.5, 0.6) is 5.75 Å². The van der Waals surface area contributed by atoms with Gasteiger partial charge >= 0.3 is 18.2 Å². The van der Waals surface area contributed by atoms with Gasteiger partial charge in [-0.05, 0) is 132 Å². The average molecular weight is 1330 g/mol. The molecule has 94 heavy (non-hydrogen) atoms. The number of carbonyl (C=O) groups is 10. The Morgan fingerprint density at radius 2 is 1.32 bits per heavy atom. The highest BCUT2D eigenvalue weighted by Gasteiger charge is 2.38. The van der Waals surface area contributed by atoms with Crippen LogP contribution >= 0.6 is 21.6 Å². The molecule has 1 aliphatic carbocycles. The average Bonchev–Trinajstić information content (AvgIpc) is 1.65. The zero-order valence-corrected chi connectivity index (χ0v) is 55.3. The lowest BCUT2D eigenvalue weighted by Gasteiger charge is -2.29. The second-order valence-corrected chi connectivity index (χ2v) is 27.9. The number of H-pyrrole nitrogens is 1. The summed E-state index contributed by atoms with van der Waals surface area (Å²) in [6.45, 7) is 11.4. The summed E-state index contributed by atoms with van der Waals surface area (Å²) in [6.07, 6.45) is 0.0236. The molecule has 12 N–H and O–H groups in total. The number of hydrogen-bond acceptors (Lipinski definition) is 16. The summed E-state index contributed by atoms with van der Waals surface area (Å²) >= 11 is 0. The maximum atomic E-state index is 15.3. The zero-order valence-electron chi connectivity index (χ0n) is 53.7. The van der Waals surface area contributed by atoms with Crippen molar-refractivity contribution in [3.63, 3.8) is 0 Å². The largest absolute Gasteiger partial charge is 0.508 e. The van der Waals surface area contributed by atoms with Gasteiger partial charge in [0.05, 0.1) is 12.1 Å². The molecule has 504 valence electrons. The van der Waals surface area contributed by atoms with Crippen molar-refractivity contribution in [3.8, 4) is 5.75 Å². The fourth-order valence-corrected chi connectivity index (χ4v) is 13.0. The molecule has 2 aliphatic rings. The number of phenols is 1. The molecule has 1 unspecified atom stereocenters. The van der Waals surface area contributed by atoms with E-state index in [9.17, 15) is 48.9 Å². The third-order valence-electron chi connectivity index (χ3n) is 15.4. The number of benzene rings is 4. The summed E-state index contributed by atoms with van der Waals surface area (Å²) in [7, 11) is 1.91. The molecule has 2 heterocycles. The Balaban J connectivity index is 1.28. The van der Waals surface area contributed by atoms with E-state index in [1.165, 1.54) is 19.1 Å². The summed E-state index contributed by atoms with van der Waals surface area (Å²) < 4.78 is 10.9. The lowest BCUT2D eigenvalue weighted by molar-refractivity contribution is -0.142. The van der Waals surface area contributed by atoms with E-state index >= 15 is 14.4 Å². The molecule has 7 rings (SSSR count). The maximum Gasteiger partial charge on any atom is 0.408 e. The van der Waals surface area contributed by atoms with Crippen LogP contribution in [0.4, 0.5) is 9.59 Å². The van der Waals surface area contributed by atoms with Gasteiger partial charge in [-0.15, -0.1) is 0 Å². The van der Waals surface area contributed by atoms with Crippen molar-refractivity contribution in [3.05, 3.63) is 143 Å². The second-order valence-electron chi connectivity index (χ2n) is 25.3. The number of aliphatic hydroxyl groups is 1. The summed E-state index contributed by atoms with van der Waals surface area (Å²) in [5, 5.41) is 54.3. The fourth-order valence-electron chi connectivity index (χ4n) is 10.7. The van der Waals surface area contributed by atoms with Crippen molar-refractivity contribution in [2.24, 2.45) is 5.92 Å². The van der Waals surface area contributed by atoms with E-state index in [0.717, 1.165) is 38.2 Å². The van der Waals surface area contributed by atoms with Crippen molar-refractivity contribution >= 4 is 97.4 Å². The Labute approximate surface area is 553 Å². The molecule has 1 saturated heterocycles. The van der Waals surface area contributed by atoms with Gasteiger partial charge in [0.15, 0.2) is 5.78 Å². The Bertz CT molecular complexity index is 3530. The topological polar surface area (TPSA) is 362 Å². The summed E-state index contributed by atoms with van der Waals surface area (Å²) in [5.74, 6) is -9.52. The lowest BCUT2D eigenvalue weighted by Crippen LogP contribution is -2.61. The summed E-state index contributed by atoms with van der Waals surface area (Å²) in [4.78, 5) is 147. The summed E-state index contributed by atoms with van der Waals surface area (Å²) in [5.41, 5.74) is 3.11. The normalized spacial score (nSPS) is 20.5. The molecule has 26 heteroatoms. The first-order valence-electron chi connectivity index (χ1n) is 31.2. The Kier molecular flexibility index (Phi) is 26.1. The number of allylic oxidation sites excluding steroid dienone is 1. The number of para-hydroxylation sites is 1. The van der Waals surface area contributed by atoms with Gasteiger partial charge in [-0.3, -0.25) is 33.6 Å². The van der Waals surface area contributed by atoms with Crippen LogP contribution in [-0.2, 0) is 73.5 Å². The second kappa shape index (κ2) is 33.8. The zero-order chi connectivity index (χ0) is 68.3. The first-order valence-corrected chi connectivity index (χ1v) is 33.7. The molecule has 0 spiro atoms. The van der Waals surface area contributed by atoms with E-state index in [4.69, 9.17) is 9.47 Å². The molecule has 0 saturated carbocycles. The van der Waals surface area contributed by atoms with Crippen LogP contribution in [0.15, 0.2) is 115 Å². The molecule has 24 nitrogen and oxygen atoms in total. The minimum atomic E-state index is -1.81. The number of carboxylic acid groups (broad SMARTS) is 1. The quantitative estimate of drug-likeness (QED) is 0.0320. The van der Waals surface area contributed by atoms with Crippen LogP contribution in [0.25, 0.3) is 16.5 Å². The Morgan fingerprint density at radius 1 is 0.670 bits per heavy atom. The first kappa shape index (κ1) is 72.5. The molecule has 0 radical (unpaired) electrons. The molecule has 9 atom stereocenters. The van der Waals surface area contributed by atoms with E-state index in [-0.39, 0.29) is 68.7 Å². The number of amides is 8. The maximum absolute atomic E-state index is 15.3. The molecular weight excluding hydrogens is 1250 g/mol. The van der Waals surface area contributed by atoms with Crippen molar-refractivity contribution in [2.75, 3.05) is 18.1 Å². The van der Waals surface area contributed by atoms with Gasteiger partial charge in [-0.2, -0.15) is 0 Å². The van der Waals surface area contributed by atoms with E-state index < -0.39 is 131 Å². The number of aromatic amines is 1. The Morgan fingerprint density at radius 3 is 2.02 bits per heavy atom. The molecule has 4 aromatic carbocycles. The smallest absolute Gasteiger partial charge is 0.408 e. The molecular formula is C68H85N9O15S2. The third kappa shape index (κ3) is 22.4. The molecule has 1 fully saturated rings. The number of hydrogen-bond donors (Lipinski definition) is 12. The summed E-state index contributed by atoms with van der Waals surface area (Å²) in [6, 6.07) is 18.7. The molecule has 8 amide bonds. The number of fused-ring (bicyclic) bond motifs is 2. The van der Waals surface area contributed by atoms with Gasteiger partial charge in [0.1, 0.15) is 53.2 Å². The highest BCUT2D eigenvalue weighted by molar-refractivity contribution is 8.76. The van der Waals surface area contributed by atoms with Crippen LogP contribution in [0.1, 0.15) is 108 Å². The molecule has 1 aliphatic heterocycles. The van der Waals surface area contributed by atoms with Crippen molar-refractivity contribution in [2.45, 2.75) is 166 Å². The number of aliphatic carboxylic acids is 1. The first-order chi connectivity index (χ1) is 44.6. The number of nitrogens with one attached hydrogen (secondary N) is 9. The number of aromatic nitrogens is 1. The predicted octanol–water partition coefficient (Wildman–Crippen LogP) is 5.86.